The van der Waals surface area contributed by atoms with Crippen LogP contribution in [0, 0.1) is 5.82 Å². The molecule has 1 rings (SSSR count). The van der Waals surface area contributed by atoms with Crippen LogP contribution in [-0.2, 0) is 14.8 Å². The average Bonchev–Trinajstić information content (AvgIpc) is 2.28. The zero-order valence-electron chi connectivity index (χ0n) is 9.22. The van der Waals surface area contributed by atoms with Gasteiger partial charge in [0, 0.05) is 6.54 Å². The molecule has 0 unspecified atom stereocenters. The minimum Gasteiger partial charge on any atom is -0.448 e. The van der Waals surface area contributed by atoms with Gasteiger partial charge < -0.3 is 16.2 Å². The molecule has 0 saturated carbocycles. The molecule has 0 aromatic heterocycles. The summed E-state index contributed by atoms with van der Waals surface area (Å²) in [6, 6.07) is 3.01. The fraction of sp³-hybridized carbons (Fsp3) is 0.222. The maximum Gasteiger partial charge on any atom is 0.404 e. The Morgan fingerprint density at radius 1 is 1.44 bits per heavy atom. The van der Waals surface area contributed by atoms with Crippen molar-refractivity contribution in [1.82, 2.24) is 4.72 Å². The van der Waals surface area contributed by atoms with E-state index in [9.17, 15) is 17.6 Å². The molecule has 0 saturated heterocycles. The van der Waals surface area contributed by atoms with Crippen molar-refractivity contribution in [1.29, 1.82) is 0 Å². The maximum atomic E-state index is 12.9. The van der Waals surface area contributed by atoms with Gasteiger partial charge in [-0.2, -0.15) is 0 Å². The quantitative estimate of drug-likeness (QED) is 0.507. The fourth-order valence-corrected chi connectivity index (χ4v) is 2.15. The number of amides is 1. The summed E-state index contributed by atoms with van der Waals surface area (Å²) >= 11 is 0. The largest absolute Gasteiger partial charge is 0.448 e. The van der Waals surface area contributed by atoms with Crippen LogP contribution in [0.3, 0.4) is 0 Å². The van der Waals surface area contributed by atoms with Crippen molar-refractivity contribution in [2.45, 2.75) is 4.90 Å². The van der Waals surface area contributed by atoms with Crippen LogP contribution in [0.1, 0.15) is 0 Å². The van der Waals surface area contributed by atoms with E-state index in [1.165, 1.54) is 0 Å². The van der Waals surface area contributed by atoms with Gasteiger partial charge in [0.2, 0.25) is 10.0 Å². The van der Waals surface area contributed by atoms with Crippen LogP contribution < -0.4 is 16.2 Å². The van der Waals surface area contributed by atoms with Crippen LogP contribution in [0.2, 0.25) is 0 Å². The Balaban J connectivity index is 2.68. The van der Waals surface area contributed by atoms with Gasteiger partial charge in [0.15, 0.2) is 0 Å². The number of hydrogen-bond donors (Lipinski definition) is 3. The Morgan fingerprint density at radius 3 is 2.67 bits per heavy atom. The van der Waals surface area contributed by atoms with Crippen LogP contribution in [0.4, 0.5) is 14.9 Å². The Morgan fingerprint density at radius 2 is 2.11 bits per heavy atom. The van der Waals surface area contributed by atoms with E-state index >= 15 is 0 Å². The number of ether oxygens (including phenoxy) is 1. The molecule has 1 aromatic rings. The molecule has 0 aliphatic heterocycles. The van der Waals surface area contributed by atoms with Gasteiger partial charge in [-0.15, -0.1) is 0 Å². The second kappa shape index (κ2) is 5.65. The number of benzene rings is 1. The third-order valence-electron chi connectivity index (χ3n) is 1.92. The number of anilines is 1. The maximum absolute atomic E-state index is 12.9. The smallest absolute Gasteiger partial charge is 0.404 e. The SMILES string of the molecule is NC(=O)OCCNS(=O)(=O)c1ccc(F)c(N)c1. The lowest BCUT2D eigenvalue weighted by atomic mass is 10.3. The summed E-state index contributed by atoms with van der Waals surface area (Å²) in [6.45, 7) is -0.353. The van der Waals surface area contributed by atoms with Crippen LogP contribution >= 0.6 is 0 Å². The highest BCUT2D eigenvalue weighted by atomic mass is 32.2. The van der Waals surface area contributed by atoms with E-state index in [1.807, 2.05) is 0 Å². The lowest BCUT2D eigenvalue weighted by molar-refractivity contribution is 0.159. The lowest BCUT2D eigenvalue weighted by Crippen LogP contribution is -2.29. The standard InChI is InChI=1S/C9H12FN3O4S/c10-7-2-1-6(5-8(7)11)18(15,16)13-3-4-17-9(12)14/h1-2,5,13H,3-4,11H2,(H2,12,14). The molecular weight excluding hydrogens is 265 g/mol. The highest BCUT2D eigenvalue weighted by molar-refractivity contribution is 7.89. The van der Waals surface area contributed by atoms with E-state index in [0.29, 0.717) is 0 Å². The van der Waals surface area contributed by atoms with Crippen molar-refractivity contribution in [3.63, 3.8) is 0 Å². The number of hydrogen-bond acceptors (Lipinski definition) is 5. The first kappa shape index (κ1) is 14.2. The van der Waals surface area contributed by atoms with E-state index in [0.717, 1.165) is 18.2 Å². The van der Waals surface area contributed by atoms with E-state index in [4.69, 9.17) is 11.5 Å². The summed E-state index contributed by atoms with van der Waals surface area (Å²) in [4.78, 5) is 10.1. The first-order valence-electron chi connectivity index (χ1n) is 4.80. The number of sulfonamides is 1. The summed E-state index contributed by atoms with van der Waals surface area (Å²) in [5.41, 5.74) is 9.68. The van der Waals surface area contributed by atoms with Gasteiger partial charge in [0.05, 0.1) is 10.6 Å². The van der Waals surface area contributed by atoms with Gasteiger partial charge in [-0.05, 0) is 18.2 Å². The Hall–Kier alpha value is -1.87. The van der Waals surface area contributed by atoms with Crippen LogP contribution in [0.25, 0.3) is 0 Å². The molecule has 0 heterocycles. The molecule has 1 amide bonds. The number of halogens is 1. The first-order chi connectivity index (χ1) is 8.33. The monoisotopic (exact) mass is 277 g/mol. The number of nitrogen functional groups attached to an aromatic ring is 1. The molecule has 5 N–H and O–H groups in total. The van der Waals surface area contributed by atoms with Gasteiger partial charge in [-0.3, -0.25) is 0 Å². The highest BCUT2D eigenvalue weighted by Gasteiger charge is 2.15. The predicted octanol–water partition coefficient (Wildman–Crippen LogP) is -0.218. The molecule has 0 aliphatic rings. The molecule has 0 fully saturated rings. The second-order valence-corrected chi connectivity index (χ2v) is 5.02. The molecule has 0 aliphatic carbocycles. The third kappa shape index (κ3) is 3.86. The molecule has 0 bridgehead atoms. The predicted molar refractivity (Wildman–Crippen MR) is 61.5 cm³/mol. The molecule has 1 aromatic carbocycles. The van der Waals surface area contributed by atoms with Gasteiger partial charge in [0.1, 0.15) is 12.4 Å². The van der Waals surface area contributed by atoms with Gasteiger partial charge in [0.25, 0.3) is 0 Å². The van der Waals surface area contributed by atoms with Crippen molar-refractivity contribution in [2.75, 3.05) is 18.9 Å². The highest BCUT2D eigenvalue weighted by Crippen LogP contribution is 2.16. The summed E-state index contributed by atoms with van der Waals surface area (Å²) in [7, 11) is -3.83. The zero-order valence-corrected chi connectivity index (χ0v) is 10.0. The normalized spacial score (nSPS) is 11.2. The van der Waals surface area contributed by atoms with Crippen molar-refractivity contribution in [2.24, 2.45) is 5.73 Å². The second-order valence-electron chi connectivity index (χ2n) is 3.25. The van der Waals surface area contributed by atoms with Gasteiger partial charge in [-0.1, -0.05) is 0 Å². The summed E-state index contributed by atoms with van der Waals surface area (Å²) in [6.07, 6.45) is -1.000. The molecule has 9 heteroatoms. The third-order valence-corrected chi connectivity index (χ3v) is 3.37. The number of primary amides is 1. The summed E-state index contributed by atoms with van der Waals surface area (Å²) < 4.78 is 42.7. The van der Waals surface area contributed by atoms with E-state index < -0.39 is 21.9 Å². The minimum absolute atomic E-state index is 0.150. The van der Waals surface area contributed by atoms with E-state index in [-0.39, 0.29) is 23.7 Å². The number of rotatable bonds is 5. The number of nitrogens with two attached hydrogens (primary N) is 2. The van der Waals surface area contributed by atoms with E-state index in [2.05, 4.69) is 9.46 Å². The Kier molecular flexibility index (Phi) is 4.45. The lowest BCUT2D eigenvalue weighted by Gasteiger charge is -2.07. The molecule has 18 heavy (non-hydrogen) atoms. The van der Waals surface area contributed by atoms with Crippen LogP contribution in [0.15, 0.2) is 23.1 Å². The molecular formula is C9H12FN3O4S. The van der Waals surface area contributed by atoms with Crippen LogP contribution in [-0.4, -0.2) is 27.7 Å². The fourth-order valence-electron chi connectivity index (χ4n) is 1.10. The van der Waals surface area contributed by atoms with Crippen molar-refractivity contribution < 1.29 is 22.3 Å². The number of carbonyl (C=O) groups excluding carboxylic acids is 1. The van der Waals surface area contributed by atoms with Crippen molar-refractivity contribution in [3.05, 3.63) is 24.0 Å². The number of carbonyl (C=O) groups is 1. The van der Waals surface area contributed by atoms with Gasteiger partial charge >= 0.3 is 6.09 Å². The molecule has 100 valence electrons. The molecule has 7 nitrogen and oxygen atoms in total. The van der Waals surface area contributed by atoms with Crippen molar-refractivity contribution in [3.8, 4) is 0 Å². The topological polar surface area (TPSA) is 125 Å². The van der Waals surface area contributed by atoms with Gasteiger partial charge in [-0.25, -0.2) is 22.3 Å². The van der Waals surface area contributed by atoms with Crippen molar-refractivity contribution >= 4 is 21.8 Å². The zero-order chi connectivity index (χ0) is 13.8. The molecule has 0 spiro atoms. The number of nitrogens with one attached hydrogen (secondary N) is 1. The Labute approximate surface area is 103 Å². The molecule has 0 atom stereocenters. The minimum atomic E-state index is -3.83. The summed E-state index contributed by atoms with van der Waals surface area (Å²) in [5, 5.41) is 0. The summed E-state index contributed by atoms with van der Waals surface area (Å²) in [5.74, 6) is -0.703. The van der Waals surface area contributed by atoms with Crippen LogP contribution in [0.5, 0.6) is 0 Å². The average molecular weight is 277 g/mol. The first-order valence-corrected chi connectivity index (χ1v) is 6.28. The Bertz CT molecular complexity index is 547. The van der Waals surface area contributed by atoms with E-state index in [1.54, 1.807) is 0 Å². The molecule has 0 radical (unpaired) electrons.